The van der Waals surface area contributed by atoms with Crippen LogP contribution in [0, 0.1) is 11.6 Å². The summed E-state index contributed by atoms with van der Waals surface area (Å²) in [6, 6.07) is 8.85. The highest BCUT2D eigenvalue weighted by atomic mass is 32.2. The number of benzene rings is 2. The molecule has 2 N–H and O–H groups in total. The van der Waals surface area contributed by atoms with Crippen molar-refractivity contribution in [2.45, 2.75) is 17.4 Å². The van der Waals surface area contributed by atoms with E-state index in [0.717, 1.165) is 12.1 Å². The monoisotopic (exact) mass is 341 g/mol. The first-order chi connectivity index (χ1) is 10.8. The van der Waals surface area contributed by atoms with E-state index >= 15 is 0 Å². The van der Waals surface area contributed by atoms with Gasteiger partial charge in [-0.15, -0.1) is 0 Å². The molecule has 5 nitrogen and oxygen atoms in total. The third-order valence-electron chi connectivity index (χ3n) is 3.06. The van der Waals surface area contributed by atoms with Crippen LogP contribution in [0.5, 0.6) is 0 Å². The molecule has 0 aliphatic carbocycles. The van der Waals surface area contributed by atoms with Crippen LogP contribution in [0.4, 0.5) is 8.78 Å². The molecular weight excluding hydrogens is 328 g/mol. The Morgan fingerprint density at radius 2 is 1.78 bits per heavy atom. The van der Waals surface area contributed by atoms with E-state index in [1.165, 1.54) is 0 Å². The summed E-state index contributed by atoms with van der Waals surface area (Å²) in [5.74, 6) is -3.62. The van der Waals surface area contributed by atoms with Crippen LogP contribution in [-0.4, -0.2) is 25.5 Å². The zero-order valence-corrected chi connectivity index (χ0v) is 12.6. The van der Waals surface area contributed by atoms with Crippen LogP contribution in [0.25, 0.3) is 0 Å². The molecule has 0 heterocycles. The Hall–Kier alpha value is -2.32. The Morgan fingerprint density at radius 3 is 2.35 bits per heavy atom. The summed E-state index contributed by atoms with van der Waals surface area (Å²) in [6.45, 7) is 0. The minimum absolute atomic E-state index is 0.113. The topological polar surface area (TPSA) is 83.5 Å². The minimum atomic E-state index is -4.44. The molecule has 8 heteroatoms. The molecule has 23 heavy (non-hydrogen) atoms. The number of rotatable bonds is 6. The van der Waals surface area contributed by atoms with E-state index in [0.29, 0.717) is 11.6 Å². The number of carboxylic acid groups (broad SMARTS) is 1. The van der Waals surface area contributed by atoms with E-state index in [9.17, 15) is 27.1 Å². The van der Waals surface area contributed by atoms with Crippen LogP contribution in [0.1, 0.15) is 5.56 Å². The molecule has 0 bridgehead atoms. The number of halogens is 2. The number of aliphatic carboxylic acids is 1. The predicted molar refractivity (Wildman–Crippen MR) is 78.2 cm³/mol. The summed E-state index contributed by atoms with van der Waals surface area (Å²) in [4.78, 5) is 10.5. The lowest BCUT2D eigenvalue weighted by Gasteiger charge is -2.15. The zero-order chi connectivity index (χ0) is 17.0. The predicted octanol–water partition coefficient (Wildman–Crippen LogP) is 1.94. The van der Waals surface area contributed by atoms with Gasteiger partial charge in [-0.1, -0.05) is 30.3 Å². The fraction of sp³-hybridized carbons (Fsp3) is 0.133. The second-order valence-electron chi connectivity index (χ2n) is 4.78. The maximum absolute atomic E-state index is 13.6. The van der Waals surface area contributed by atoms with Crippen LogP contribution in [0.3, 0.4) is 0 Å². The van der Waals surface area contributed by atoms with E-state index in [4.69, 9.17) is 0 Å². The molecule has 1 atom stereocenters. The van der Waals surface area contributed by atoms with Gasteiger partial charge >= 0.3 is 5.97 Å². The molecule has 0 spiro atoms. The lowest BCUT2D eigenvalue weighted by molar-refractivity contribution is -0.138. The summed E-state index contributed by atoms with van der Waals surface area (Å²) < 4.78 is 52.7. The van der Waals surface area contributed by atoms with Crippen molar-refractivity contribution in [3.05, 3.63) is 65.7 Å². The third kappa shape index (κ3) is 4.33. The number of carboxylic acids is 1. The molecule has 0 fully saturated rings. The number of carbonyl (C=O) groups is 1. The maximum Gasteiger partial charge on any atom is 0.322 e. The Bertz CT molecular complexity index is 809. The zero-order valence-electron chi connectivity index (χ0n) is 11.7. The smallest absolute Gasteiger partial charge is 0.322 e. The van der Waals surface area contributed by atoms with Gasteiger partial charge in [-0.25, -0.2) is 17.2 Å². The summed E-state index contributed by atoms with van der Waals surface area (Å²) in [6.07, 6.45) is -0.113. The highest BCUT2D eigenvalue weighted by molar-refractivity contribution is 7.89. The SMILES string of the molecule is O=C(O)[C@H](Cc1ccccc1)NS(=O)(=O)c1ccc(F)cc1F. The van der Waals surface area contributed by atoms with Gasteiger partial charge in [0.1, 0.15) is 22.6 Å². The van der Waals surface area contributed by atoms with Gasteiger partial charge in [0.25, 0.3) is 0 Å². The lowest BCUT2D eigenvalue weighted by Crippen LogP contribution is -2.42. The van der Waals surface area contributed by atoms with E-state index in [1.807, 2.05) is 4.72 Å². The highest BCUT2D eigenvalue weighted by Crippen LogP contribution is 2.16. The summed E-state index contributed by atoms with van der Waals surface area (Å²) >= 11 is 0. The summed E-state index contributed by atoms with van der Waals surface area (Å²) in [5.41, 5.74) is 0.599. The second kappa shape index (κ2) is 6.84. The minimum Gasteiger partial charge on any atom is -0.480 e. The van der Waals surface area contributed by atoms with E-state index in [2.05, 4.69) is 0 Å². The van der Waals surface area contributed by atoms with E-state index < -0.39 is 38.6 Å². The molecule has 0 aromatic heterocycles. The normalized spacial score (nSPS) is 12.8. The van der Waals surface area contributed by atoms with Gasteiger partial charge in [-0.3, -0.25) is 4.79 Å². The van der Waals surface area contributed by atoms with Gasteiger partial charge in [-0.2, -0.15) is 4.72 Å². The third-order valence-corrected chi connectivity index (χ3v) is 4.57. The number of nitrogens with one attached hydrogen (secondary N) is 1. The number of hydrogen-bond acceptors (Lipinski definition) is 3. The molecule has 0 radical (unpaired) electrons. The van der Waals surface area contributed by atoms with Crippen molar-refractivity contribution < 1.29 is 27.1 Å². The summed E-state index contributed by atoms with van der Waals surface area (Å²) in [5, 5.41) is 9.18. The van der Waals surface area contributed by atoms with Gasteiger partial charge in [0.15, 0.2) is 0 Å². The molecule has 2 rings (SSSR count). The quantitative estimate of drug-likeness (QED) is 0.841. The van der Waals surface area contributed by atoms with Gasteiger partial charge in [0.05, 0.1) is 0 Å². The first-order valence-corrected chi connectivity index (χ1v) is 8.02. The molecule has 2 aromatic carbocycles. The molecule has 0 saturated carbocycles. The van der Waals surface area contributed by atoms with Crippen LogP contribution >= 0.6 is 0 Å². The van der Waals surface area contributed by atoms with Crippen LogP contribution < -0.4 is 4.72 Å². The molecule has 2 aromatic rings. The number of sulfonamides is 1. The maximum atomic E-state index is 13.6. The molecule has 0 unspecified atom stereocenters. The summed E-state index contributed by atoms with van der Waals surface area (Å²) in [7, 11) is -4.44. The first kappa shape index (κ1) is 17.0. The van der Waals surface area contributed by atoms with Gasteiger partial charge in [0.2, 0.25) is 10.0 Å². The average Bonchev–Trinajstić information content (AvgIpc) is 2.46. The molecule has 0 saturated heterocycles. The van der Waals surface area contributed by atoms with Gasteiger partial charge in [0, 0.05) is 6.07 Å². The Morgan fingerprint density at radius 1 is 1.13 bits per heavy atom. The fourth-order valence-corrected chi connectivity index (χ4v) is 3.22. The van der Waals surface area contributed by atoms with Crippen molar-refractivity contribution in [1.29, 1.82) is 0 Å². The molecule has 0 amide bonds. The largest absolute Gasteiger partial charge is 0.480 e. The average molecular weight is 341 g/mol. The number of hydrogen-bond donors (Lipinski definition) is 2. The van der Waals surface area contributed by atoms with E-state index in [1.54, 1.807) is 30.3 Å². The van der Waals surface area contributed by atoms with Crippen molar-refractivity contribution in [2.75, 3.05) is 0 Å². The van der Waals surface area contributed by atoms with Crippen LogP contribution in [-0.2, 0) is 21.2 Å². The lowest BCUT2D eigenvalue weighted by atomic mass is 10.1. The molecular formula is C15H13F2NO4S. The molecule has 0 aliphatic rings. The molecule has 0 aliphatic heterocycles. The van der Waals surface area contributed by atoms with Crippen molar-refractivity contribution in [2.24, 2.45) is 0 Å². The van der Waals surface area contributed by atoms with Crippen LogP contribution in [0.15, 0.2) is 53.4 Å². The van der Waals surface area contributed by atoms with E-state index in [-0.39, 0.29) is 6.42 Å². The van der Waals surface area contributed by atoms with Crippen molar-refractivity contribution in [3.63, 3.8) is 0 Å². The van der Waals surface area contributed by atoms with Gasteiger partial charge in [-0.05, 0) is 24.1 Å². The highest BCUT2D eigenvalue weighted by Gasteiger charge is 2.27. The van der Waals surface area contributed by atoms with Crippen LogP contribution in [0.2, 0.25) is 0 Å². The Kier molecular flexibility index (Phi) is 5.07. The van der Waals surface area contributed by atoms with Gasteiger partial charge < -0.3 is 5.11 Å². The Labute approximate surface area is 131 Å². The second-order valence-corrected chi connectivity index (χ2v) is 6.46. The first-order valence-electron chi connectivity index (χ1n) is 6.54. The van der Waals surface area contributed by atoms with Crippen molar-refractivity contribution in [1.82, 2.24) is 4.72 Å². The molecule has 122 valence electrons. The standard InChI is InChI=1S/C15H13F2NO4S/c16-11-6-7-14(12(17)9-11)23(21,22)18-13(15(19)20)8-10-4-2-1-3-5-10/h1-7,9,13,18H,8H2,(H,19,20)/t13-/m0/s1. The van der Waals surface area contributed by atoms with Crippen molar-refractivity contribution >= 4 is 16.0 Å². The van der Waals surface area contributed by atoms with Crippen molar-refractivity contribution in [3.8, 4) is 0 Å². The fourth-order valence-electron chi connectivity index (χ4n) is 1.97. The Balaban J connectivity index is 2.26.